The molecule has 1 heterocycles. The molecule has 0 radical (unpaired) electrons. The van der Waals surface area contributed by atoms with E-state index in [1.807, 2.05) is 37.3 Å². The van der Waals surface area contributed by atoms with E-state index < -0.39 is 0 Å². The Morgan fingerprint density at radius 3 is 2.35 bits per heavy atom. The molecule has 2 rings (SSSR count). The molecule has 0 atom stereocenters. The van der Waals surface area contributed by atoms with Gasteiger partial charge in [0.25, 0.3) is 5.91 Å². The highest BCUT2D eigenvalue weighted by atomic mass is 16.3. The predicted octanol–water partition coefficient (Wildman–Crippen LogP) is 3.17. The van der Waals surface area contributed by atoms with Crippen molar-refractivity contribution in [3.05, 3.63) is 53.5 Å². The summed E-state index contributed by atoms with van der Waals surface area (Å²) in [6, 6.07) is 9.56. The van der Waals surface area contributed by atoms with Crippen LogP contribution in [0.15, 0.2) is 41.0 Å². The summed E-state index contributed by atoms with van der Waals surface area (Å²) in [4.78, 5) is 13.9. The minimum atomic E-state index is -0.0417. The number of carbonyl (C=O) groups is 1. The highest BCUT2D eigenvalue weighted by Gasteiger charge is 2.20. The number of hydrogen-bond acceptors (Lipinski definition) is 2. The Labute approximate surface area is 101 Å². The van der Waals surface area contributed by atoms with Crippen LogP contribution in [-0.2, 0) is 0 Å². The third-order valence-electron chi connectivity index (χ3n) is 2.82. The SMILES string of the molecule is Cc1coc(C)c1C(=O)N(C)c1ccccc1. The van der Waals surface area contributed by atoms with Crippen LogP contribution in [0.4, 0.5) is 5.69 Å². The van der Waals surface area contributed by atoms with Crippen molar-refractivity contribution in [2.75, 3.05) is 11.9 Å². The molecule has 0 aliphatic rings. The van der Waals surface area contributed by atoms with Gasteiger partial charge in [-0.25, -0.2) is 0 Å². The monoisotopic (exact) mass is 229 g/mol. The van der Waals surface area contributed by atoms with Crippen LogP contribution < -0.4 is 4.90 Å². The molecule has 0 saturated carbocycles. The number of carbonyl (C=O) groups excluding carboxylic acids is 1. The maximum Gasteiger partial charge on any atom is 0.261 e. The largest absolute Gasteiger partial charge is 0.469 e. The van der Waals surface area contributed by atoms with Crippen molar-refractivity contribution in [1.82, 2.24) is 0 Å². The van der Waals surface area contributed by atoms with Crippen LogP contribution in [-0.4, -0.2) is 13.0 Å². The molecule has 0 bridgehead atoms. The number of hydrogen-bond donors (Lipinski definition) is 0. The fourth-order valence-corrected chi connectivity index (χ4v) is 1.83. The molecular weight excluding hydrogens is 214 g/mol. The highest BCUT2D eigenvalue weighted by Crippen LogP contribution is 2.20. The zero-order chi connectivity index (χ0) is 12.4. The predicted molar refractivity (Wildman–Crippen MR) is 67.4 cm³/mol. The van der Waals surface area contributed by atoms with E-state index in [2.05, 4.69) is 0 Å². The highest BCUT2D eigenvalue weighted by molar-refractivity contribution is 6.07. The molecule has 17 heavy (non-hydrogen) atoms. The van der Waals surface area contributed by atoms with Crippen LogP contribution in [0, 0.1) is 13.8 Å². The Morgan fingerprint density at radius 1 is 1.18 bits per heavy atom. The smallest absolute Gasteiger partial charge is 0.261 e. The number of aryl methyl sites for hydroxylation is 2. The van der Waals surface area contributed by atoms with E-state index in [4.69, 9.17) is 4.42 Å². The van der Waals surface area contributed by atoms with Gasteiger partial charge in [-0.05, 0) is 26.0 Å². The summed E-state index contributed by atoms with van der Waals surface area (Å²) < 4.78 is 5.25. The molecule has 1 aromatic carbocycles. The first-order valence-electron chi connectivity index (χ1n) is 5.49. The number of nitrogens with zero attached hydrogens (tertiary/aromatic N) is 1. The first kappa shape index (κ1) is 11.5. The van der Waals surface area contributed by atoms with E-state index in [-0.39, 0.29) is 5.91 Å². The fraction of sp³-hybridized carbons (Fsp3) is 0.214. The van der Waals surface area contributed by atoms with Crippen molar-refractivity contribution in [3.8, 4) is 0 Å². The summed E-state index contributed by atoms with van der Waals surface area (Å²) in [5.74, 6) is 0.621. The second-order valence-electron chi connectivity index (χ2n) is 4.05. The Hall–Kier alpha value is -2.03. The molecule has 0 spiro atoms. The van der Waals surface area contributed by atoms with Gasteiger partial charge in [0.2, 0.25) is 0 Å². The number of anilines is 1. The van der Waals surface area contributed by atoms with E-state index in [1.165, 1.54) is 0 Å². The maximum absolute atomic E-state index is 12.3. The number of benzene rings is 1. The summed E-state index contributed by atoms with van der Waals surface area (Å²) in [7, 11) is 1.77. The van der Waals surface area contributed by atoms with Gasteiger partial charge in [-0.1, -0.05) is 18.2 Å². The minimum Gasteiger partial charge on any atom is -0.469 e. The summed E-state index contributed by atoms with van der Waals surface area (Å²) >= 11 is 0. The van der Waals surface area contributed by atoms with Crippen molar-refractivity contribution in [1.29, 1.82) is 0 Å². The molecule has 0 aliphatic carbocycles. The summed E-state index contributed by atoms with van der Waals surface area (Å²) in [5.41, 5.74) is 2.39. The Bertz CT molecular complexity index is 509. The summed E-state index contributed by atoms with van der Waals surface area (Å²) in [5, 5.41) is 0. The zero-order valence-electron chi connectivity index (χ0n) is 10.2. The molecule has 3 heteroatoms. The van der Waals surface area contributed by atoms with Crippen molar-refractivity contribution in [2.24, 2.45) is 0 Å². The zero-order valence-corrected chi connectivity index (χ0v) is 10.2. The molecule has 0 fully saturated rings. The van der Waals surface area contributed by atoms with Crippen LogP contribution in [0.25, 0.3) is 0 Å². The van der Waals surface area contributed by atoms with Gasteiger partial charge in [0, 0.05) is 18.3 Å². The number of rotatable bonds is 2. The molecule has 1 amide bonds. The van der Waals surface area contributed by atoms with E-state index >= 15 is 0 Å². The molecule has 0 saturated heterocycles. The second kappa shape index (κ2) is 4.45. The number of amides is 1. The topological polar surface area (TPSA) is 33.5 Å². The van der Waals surface area contributed by atoms with E-state index in [0.29, 0.717) is 11.3 Å². The third kappa shape index (κ3) is 2.09. The molecule has 2 aromatic rings. The van der Waals surface area contributed by atoms with E-state index in [9.17, 15) is 4.79 Å². The average molecular weight is 229 g/mol. The van der Waals surface area contributed by atoms with Gasteiger partial charge < -0.3 is 9.32 Å². The Kier molecular flexibility index (Phi) is 3.00. The van der Waals surface area contributed by atoms with E-state index in [1.54, 1.807) is 25.1 Å². The fourth-order valence-electron chi connectivity index (χ4n) is 1.83. The van der Waals surface area contributed by atoms with Gasteiger partial charge in [0.1, 0.15) is 5.76 Å². The lowest BCUT2D eigenvalue weighted by Crippen LogP contribution is -2.26. The molecular formula is C14H15NO2. The Balaban J connectivity index is 2.33. The normalized spacial score (nSPS) is 10.3. The van der Waals surface area contributed by atoms with Crippen molar-refractivity contribution in [3.63, 3.8) is 0 Å². The lowest BCUT2D eigenvalue weighted by atomic mass is 10.1. The van der Waals surface area contributed by atoms with Gasteiger partial charge in [-0.15, -0.1) is 0 Å². The molecule has 0 unspecified atom stereocenters. The van der Waals surface area contributed by atoms with Gasteiger partial charge in [0.15, 0.2) is 0 Å². The molecule has 3 nitrogen and oxygen atoms in total. The van der Waals surface area contributed by atoms with Gasteiger partial charge in [-0.3, -0.25) is 4.79 Å². The van der Waals surface area contributed by atoms with Crippen LogP contribution in [0.3, 0.4) is 0 Å². The minimum absolute atomic E-state index is 0.0417. The van der Waals surface area contributed by atoms with Crippen molar-refractivity contribution < 1.29 is 9.21 Å². The van der Waals surface area contributed by atoms with Gasteiger partial charge >= 0.3 is 0 Å². The second-order valence-corrected chi connectivity index (χ2v) is 4.05. The third-order valence-corrected chi connectivity index (χ3v) is 2.82. The summed E-state index contributed by atoms with van der Waals surface area (Å²) in [6.45, 7) is 3.68. The lowest BCUT2D eigenvalue weighted by molar-refractivity contribution is 0.0991. The first-order chi connectivity index (χ1) is 8.11. The van der Waals surface area contributed by atoms with Crippen LogP contribution in [0.2, 0.25) is 0 Å². The first-order valence-corrected chi connectivity index (χ1v) is 5.49. The summed E-state index contributed by atoms with van der Waals surface area (Å²) in [6.07, 6.45) is 1.61. The molecule has 88 valence electrons. The molecule has 1 aromatic heterocycles. The van der Waals surface area contributed by atoms with Crippen LogP contribution >= 0.6 is 0 Å². The van der Waals surface area contributed by atoms with Crippen molar-refractivity contribution in [2.45, 2.75) is 13.8 Å². The average Bonchev–Trinajstić information content (AvgIpc) is 2.68. The lowest BCUT2D eigenvalue weighted by Gasteiger charge is -2.17. The van der Waals surface area contributed by atoms with E-state index in [0.717, 1.165) is 11.3 Å². The Morgan fingerprint density at radius 2 is 1.82 bits per heavy atom. The number of furan rings is 1. The van der Waals surface area contributed by atoms with Gasteiger partial charge in [-0.2, -0.15) is 0 Å². The quantitative estimate of drug-likeness (QED) is 0.792. The van der Waals surface area contributed by atoms with Crippen LogP contribution in [0.1, 0.15) is 21.7 Å². The standard InChI is InChI=1S/C14H15NO2/c1-10-9-17-11(2)13(10)14(16)15(3)12-7-5-4-6-8-12/h4-9H,1-3H3. The van der Waals surface area contributed by atoms with Gasteiger partial charge in [0.05, 0.1) is 11.8 Å². The maximum atomic E-state index is 12.3. The van der Waals surface area contributed by atoms with Crippen molar-refractivity contribution >= 4 is 11.6 Å². The molecule has 0 N–H and O–H groups in total. The molecule has 0 aliphatic heterocycles. The van der Waals surface area contributed by atoms with Crippen LogP contribution in [0.5, 0.6) is 0 Å². The number of para-hydroxylation sites is 1.